The van der Waals surface area contributed by atoms with Crippen LogP contribution in [0, 0.1) is 0 Å². The van der Waals surface area contributed by atoms with E-state index in [4.69, 9.17) is 0 Å². The monoisotopic (exact) mass is 718 g/mol. The van der Waals surface area contributed by atoms with Crippen molar-refractivity contribution in [2.24, 2.45) is 0 Å². The SMILES string of the molecule is CCCCCCCCCCCCN1C(=CC=CC=CC=CC2=[N+](CCCCCCCCCCCC)c3ccccc3C2(C)C)C(C)(C)c2ccccc21. The zero-order valence-corrected chi connectivity index (χ0v) is 35.1. The third-order valence-corrected chi connectivity index (χ3v) is 12.0. The molecule has 0 aliphatic carbocycles. The van der Waals surface area contributed by atoms with Crippen molar-refractivity contribution in [2.75, 3.05) is 18.0 Å². The third kappa shape index (κ3) is 12.4. The van der Waals surface area contributed by atoms with Crippen LogP contribution >= 0.6 is 0 Å². The molecule has 2 nitrogen and oxygen atoms in total. The summed E-state index contributed by atoms with van der Waals surface area (Å²) < 4.78 is 2.60. The third-order valence-electron chi connectivity index (χ3n) is 12.0. The highest BCUT2D eigenvalue weighted by molar-refractivity contribution is 6.03. The quantitative estimate of drug-likeness (QED) is 0.0533. The molecule has 0 N–H and O–H groups in total. The van der Waals surface area contributed by atoms with Crippen LogP contribution in [0.4, 0.5) is 11.4 Å². The van der Waals surface area contributed by atoms with Crippen LogP contribution in [0.2, 0.25) is 0 Å². The molecule has 0 aromatic heterocycles. The second-order valence-electron chi connectivity index (χ2n) is 17.0. The number of hydrogen-bond acceptors (Lipinski definition) is 1. The Balaban J connectivity index is 1.33. The van der Waals surface area contributed by atoms with Gasteiger partial charge in [-0.2, -0.15) is 4.58 Å². The smallest absolute Gasteiger partial charge is 0.209 e. The molecule has 53 heavy (non-hydrogen) atoms. The van der Waals surface area contributed by atoms with Crippen molar-refractivity contribution in [3.8, 4) is 0 Å². The Labute approximate surface area is 327 Å². The first kappa shape index (κ1) is 42.6. The van der Waals surface area contributed by atoms with Gasteiger partial charge in [-0.1, -0.05) is 204 Å². The fraction of sp³-hybridized carbons (Fsp3) is 0.588. The van der Waals surface area contributed by atoms with Crippen molar-refractivity contribution < 1.29 is 4.58 Å². The van der Waals surface area contributed by atoms with Gasteiger partial charge in [0.2, 0.25) is 5.69 Å². The van der Waals surface area contributed by atoms with Gasteiger partial charge in [0.1, 0.15) is 6.54 Å². The van der Waals surface area contributed by atoms with Gasteiger partial charge >= 0.3 is 0 Å². The predicted molar refractivity (Wildman–Crippen MR) is 235 cm³/mol. The number of anilines is 1. The van der Waals surface area contributed by atoms with Gasteiger partial charge in [-0.3, -0.25) is 0 Å². The average Bonchev–Trinajstić information content (AvgIpc) is 3.51. The van der Waals surface area contributed by atoms with E-state index in [0.717, 1.165) is 13.1 Å². The molecule has 0 bridgehead atoms. The van der Waals surface area contributed by atoms with Crippen molar-refractivity contribution in [1.82, 2.24) is 0 Å². The van der Waals surface area contributed by atoms with E-state index in [9.17, 15) is 0 Å². The zero-order valence-electron chi connectivity index (χ0n) is 35.1. The highest BCUT2D eigenvalue weighted by Gasteiger charge is 2.43. The maximum atomic E-state index is 2.60. The van der Waals surface area contributed by atoms with Crippen LogP contribution in [0.3, 0.4) is 0 Å². The fourth-order valence-electron chi connectivity index (χ4n) is 8.76. The Hall–Kier alpha value is -3.13. The second kappa shape index (κ2) is 22.9. The van der Waals surface area contributed by atoms with E-state index < -0.39 is 0 Å². The Kier molecular flexibility index (Phi) is 18.4. The topological polar surface area (TPSA) is 6.25 Å². The zero-order chi connectivity index (χ0) is 37.8. The minimum atomic E-state index is 0.000442. The maximum absolute atomic E-state index is 2.60. The Morgan fingerprint density at radius 1 is 0.509 bits per heavy atom. The van der Waals surface area contributed by atoms with Crippen molar-refractivity contribution in [3.63, 3.8) is 0 Å². The molecule has 0 unspecified atom stereocenters. The number of allylic oxidation sites excluding steroid dienone is 8. The highest BCUT2D eigenvalue weighted by Crippen LogP contribution is 2.47. The summed E-state index contributed by atoms with van der Waals surface area (Å²) in [6.07, 6.45) is 43.3. The molecule has 0 saturated carbocycles. The minimum Gasteiger partial charge on any atom is -0.344 e. The molecular weight excluding hydrogens is 641 g/mol. The molecule has 2 aromatic rings. The number of nitrogens with zero attached hydrogens (tertiary/aromatic N) is 2. The molecule has 2 aromatic carbocycles. The van der Waals surface area contributed by atoms with E-state index >= 15 is 0 Å². The van der Waals surface area contributed by atoms with E-state index in [1.54, 1.807) is 0 Å². The Morgan fingerprint density at radius 3 is 1.62 bits per heavy atom. The number of hydrogen-bond donors (Lipinski definition) is 0. The van der Waals surface area contributed by atoms with Crippen molar-refractivity contribution in [2.45, 2.75) is 181 Å². The van der Waals surface area contributed by atoms with Crippen LogP contribution in [-0.2, 0) is 10.8 Å². The number of benzene rings is 2. The summed E-state index contributed by atoms with van der Waals surface area (Å²) >= 11 is 0. The van der Waals surface area contributed by atoms with Crippen molar-refractivity contribution in [3.05, 3.63) is 108 Å². The molecular formula is C51H77N2+. The summed E-state index contributed by atoms with van der Waals surface area (Å²) in [4.78, 5) is 2.60. The number of para-hydroxylation sites is 2. The lowest BCUT2D eigenvalue weighted by molar-refractivity contribution is -0.438. The predicted octanol–water partition coefficient (Wildman–Crippen LogP) is 15.3. The van der Waals surface area contributed by atoms with E-state index in [1.807, 2.05) is 0 Å². The average molecular weight is 718 g/mol. The lowest BCUT2D eigenvalue weighted by Gasteiger charge is -2.27. The number of unbranched alkanes of at least 4 members (excludes halogenated alkanes) is 18. The lowest BCUT2D eigenvalue weighted by atomic mass is 9.81. The molecule has 2 aliphatic heterocycles. The summed E-state index contributed by atoms with van der Waals surface area (Å²) in [6, 6.07) is 18.1. The molecule has 0 radical (unpaired) electrons. The molecule has 0 spiro atoms. The van der Waals surface area contributed by atoms with E-state index in [0.29, 0.717) is 0 Å². The van der Waals surface area contributed by atoms with Crippen molar-refractivity contribution >= 4 is 17.1 Å². The molecule has 4 rings (SSSR count). The first-order chi connectivity index (χ1) is 25.8. The summed E-state index contributed by atoms with van der Waals surface area (Å²) in [5, 5.41) is 0. The summed E-state index contributed by atoms with van der Waals surface area (Å²) in [5.74, 6) is 0. The highest BCUT2D eigenvalue weighted by atomic mass is 15.2. The number of fused-ring (bicyclic) bond motifs is 2. The fourth-order valence-corrected chi connectivity index (χ4v) is 8.76. The minimum absolute atomic E-state index is 0.000442. The Bertz CT molecular complexity index is 1510. The van der Waals surface area contributed by atoms with Crippen LogP contribution in [0.1, 0.15) is 181 Å². The molecule has 0 atom stereocenters. The van der Waals surface area contributed by atoms with E-state index in [1.165, 1.54) is 162 Å². The van der Waals surface area contributed by atoms with Crippen LogP contribution in [-0.4, -0.2) is 23.4 Å². The maximum Gasteiger partial charge on any atom is 0.209 e. The Morgan fingerprint density at radius 2 is 1.00 bits per heavy atom. The van der Waals surface area contributed by atoms with Gasteiger partial charge in [-0.05, 0) is 44.4 Å². The standard InChI is InChI=1S/C51H77N2/c1-7-9-11-13-15-17-19-21-26-34-42-52-46-38-32-30-36-44(46)50(3,4)48(52)40-28-24-23-25-29-41-49-51(5,6)45-37-31-33-39-47(45)53(49)43-35-27-22-20-18-16-14-12-10-8-2/h23-25,28-33,36-41H,7-22,26-27,34-35,42-43H2,1-6H3/q+1. The first-order valence-electron chi connectivity index (χ1n) is 22.2. The van der Waals surface area contributed by atoms with Crippen LogP contribution < -0.4 is 4.90 Å². The molecule has 0 amide bonds. The van der Waals surface area contributed by atoms with E-state index in [-0.39, 0.29) is 10.8 Å². The second-order valence-corrected chi connectivity index (χ2v) is 17.0. The van der Waals surface area contributed by atoms with Gasteiger partial charge in [-0.25, -0.2) is 0 Å². The van der Waals surface area contributed by atoms with Gasteiger partial charge in [0.15, 0.2) is 5.71 Å². The summed E-state index contributed by atoms with van der Waals surface area (Å²) in [6.45, 7) is 16.4. The molecule has 0 fully saturated rings. The van der Waals surface area contributed by atoms with Crippen molar-refractivity contribution in [1.29, 1.82) is 0 Å². The van der Waals surface area contributed by atoms with E-state index in [2.05, 4.69) is 142 Å². The lowest BCUT2D eigenvalue weighted by Crippen LogP contribution is -2.27. The van der Waals surface area contributed by atoms with Gasteiger partial charge in [0.25, 0.3) is 0 Å². The summed E-state index contributed by atoms with van der Waals surface area (Å²) in [7, 11) is 0. The van der Waals surface area contributed by atoms with Gasteiger partial charge in [-0.15, -0.1) is 0 Å². The molecule has 290 valence electrons. The number of rotatable bonds is 26. The van der Waals surface area contributed by atoms with Crippen LogP contribution in [0.25, 0.3) is 0 Å². The van der Waals surface area contributed by atoms with Crippen LogP contribution in [0.5, 0.6) is 0 Å². The molecule has 2 heteroatoms. The van der Waals surface area contributed by atoms with Gasteiger partial charge in [0, 0.05) is 47.5 Å². The largest absolute Gasteiger partial charge is 0.344 e. The van der Waals surface area contributed by atoms with Gasteiger partial charge < -0.3 is 4.90 Å². The molecule has 2 heterocycles. The van der Waals surface area contributed by atoms with Gasteiger partial charge in [0.05, 0.1) is 5.41 Å². The van der Waals surface area contributed by atoms with Crippen LogP contribution in [0.15, 0.2) is 96.8 Å². The summed E-state index contributed by atoms with van der Waals surface area (Å²) in [5.41, 5.74) is 8.52. The first-order valence-corrected chi connectivity index (χ1v) is 22.2. The molecule has 2 aliphatic rings. The molecule has 0 saturated heterocycles. The normalized spacial score (nSPS) is 17.0.